The quantitative estimate of drug-likeness (QED) is 0.682. The first-order chi connectivity index (χ1) is 11.2. The monoisotopic (exact) mass is 389 g/mol. The van der Waals surface area contributed by atoms with Crippen LogP contribution in [0, 0.1) is 0 Å². The molecule has 1 saturated heterocycles. The molecule has 3 aromatic rings. The third-order valence-corrected chi connectivity index (χ3v) is 5.72. The minimum atomic E-state index is -0.0295. The Balaban J connectivity index is 1.65. The van der Waals surface area contributed by atoms with Gasteiger partial charge in [0.1, 0.15) is 5.65 Å². The van der Waals surface area contributed by atoms with Crippen molar-refractivity contribution in [2.45, 2.75) is 25.4 Å². The molecule has 0 spiro atoms. The summed E-state index contributed by atoms with van der Waals surface area (Å²) < 4.78 is 2.45. The van der Waals surface area contributed by atoms with Gasteiger partial charge in [-0.05, 0) is 58.9 Å². The van der Waals surface area contributed by atoms with E-state index in [1.165, 1.54) is 17.7 Å². The van der Waals surface area contributed by atoms with E-state index >= 15 is 0 Å². The fourth-order valence-corrected chi connectivity index (χ4v) is 4.47. The molecule has 0 unspecified atom stereocenters. The Morgan fingerprint density at radius 1 is 1.35 bits per heavy atom. The minimum absolute atomic E-state index is 0.0295. The predicted octanol–water partition coefficient (Wildman–Crippen LogP) is 3.86. The van der Waals surface area contributed by atoms with Gasteiger partial charge in [-0.25, -0.2) is 4.98 Å². The van der Waals surface area contributed by atoms with E-state index in [0.717, 1.165) is 23.3 Å². The van der Waals surface area contributed by atoms with Crippen molar-refractivity contribution >= 4 is 32.9 Å². The van der Waals surface area contributed by atoms with Gasteiger partial charge >= 0.3 is 0 Å². The summed E-state index contributed by atoms with van der Waals surface area (Å²) in [6, 6.07) is 10.2. The molecule has 4 nitrogen and oxygen atoms in total. The number of halogens is 1. The van der Waals surface area contributed by atoms with Crippen molar-refractivity contribution in [3.8, 4) is 0 Å². The fourth-order valence-electron chi connectivity index (χ4n) is 3.23. The third-order valence-electron chi connectivity index (χ3n) is 4.28. The van der Waals surface area contributed by atoms with E-state index in [9.17, 15) is 4.79 Å². The molecule has 118 valence electrons. The second-order valence-corrected chi connectivity index (χ2v) is 7.70. The minimum Gasteiger partial charge on any atom is -0.290 e. The Kier molecular flexibility index (Phi) is 4.05. The first kappa shape index (κ1) is 15.1. The summed E-state index contributed by atoms with van der Waals surface area (Å²) in [4.78, 5) is 20.8. The van der Waals surface area contributed by atoms with Crippen molar-refractivity contribution in [3.05, 3.63) is 67.3 Å². The molecule has 23 heavy (non-hydrogen) atoms. The summed E-state index contributed by atoms with van der Waals surface area (Å²) in [6.07, 6.45) is 4.14. The highest BCUT2D eigenvalue weighted by molar-refractivity contribution is 9.10. The van der Waals surface area contributed by atoms with Gasteiger partial charge in [0.05, 0.1) is 5.69 Å². The Morgan fingerprint density at radius 3 is 3.09 bits per heavy atom. The number of hydrogen-bond acceptors (Lipinski definition) is 4. The van der Waals surface area contributed by atoms with Gasteiger partial charge < -0.3 is 0 Å². The molecule has 0 amide bonds. The lowest BCUT2D eigenvalue weighted by Gasteiger charge is -2.23. The maximum atomic E-state index is 12.3. The standard InChI is InChI=1S/C17H16BrN3OS/c18-12-5-6-16-19-13(9-17(22)21(16)10-12)11-20-7-1-3-14(20)15-4-2-8-23-15/h2,4-6,8-10,14H,1,3,7,11H2/t14-/m0/s1. The van der Waals surface area contributed by atoms with Gasteiger partial charge in [0, 0.05) is 34.2 Å². The van der Waals surface area contributed by atoms with Crippen molar-refractivity contribution in [2.75, 3.05) is 6.54 Å². The van der Waals surface area contributed by atoms with Crippen LogP contribution in [0.25, 0.3) is 5.65 Å². The second-order valence-electron chi connectivity index (χ2n) is 5.81. The van der Waals surface area contributed by atoms with E-state index < -0.39 is 0 Å². The summed E-state index contributed by atoms with van der Waals surface area (Å²) in [5.41, 5.74) is 1.52. The maximum Gasteiger partial charge on any atom is 0.258 e. The second kappa shape index (κ2) is 6.19. The molecule has 0 aliphatic carbocycles. The van der Waals surface area contributed by atoms with Crippen LogP contribution in [0.1, 0.15) is 29.5 Å². The Labute approximate surface area is 146 Å². The van der Waals surface area contributed by atoms with E-state index in [1.54, 1.807) is 16.7 Å². The Morgan fingerprint density at radius 2 is 2.26 bits per heavy atom. The van der Waals surface area contributed by atoms with Crippen LogP contribution >= 0.6 is 27.3 Å². The fraction of sp³-hybridized carbons (Fsp3) is 0.294. The van der Waals surface area contributed by atoms with Crippen molar-refractivity contribution in [1.82, 2.24) is 14.3 Å². The summed E-state index contributed by atoms with van der Waals surface area (Å²) >= 11 is 5.20. The van der Waals surface area contributed by atoms with Crippen LogP contribution in [-0.2, 0) is 6.54 Å². The van der Waals surface area contributed by atoms with Crippen molar-refractivity contribution in [1.29, 1.82) is 0 Å². The third kappa shape index (κ3) is 2.98. The molecular weight excluding hydrogens is 374 g/mol. The lowest BCUT2D eigenvalue weighted by molar-refractivity contribution is 0.248. The maximum absolute atomic E-state index is 12.3. The lowest BCUT2D eigenvalue weighted by Crippen LogP contribution is -2.25. The van der Waals surface area contributed by atoms with Gasteiger partial charge in [0.15, 0.2) is 0 Å². The van der Waals surface area contributed by atoms with Crippen LogP contribution in [-0.4, -0.2) is 20.8 Å². The zero-order chi connectivity index (χ0) is 15.8. The molecule has 6 heteroatoms. The number of hydrogen-bond donors (Lipinski definition) is 0. The van der Waals surface area contributed by atoms with Gasteiger partial charge in [-0.2, -0.15) is 0 Å². The van der Waals surface area contributed by atoms with Gasteiger partial charge in [-0.15, -0.1) is 11.3 Å². The van der Waals surface area contributed by atoms with E-state index in [1.807, 2.05) is 23.5 Å². The smallest absolute Gasteiger partial charge is 0.258 e. The zero-order valence-electron chi connectivity index (χ0n) is 12.5. The molecule has 0 aromatic carbocycles. The highest BCUT2D eigenvalue weighted by Gasteiger charge is 2.27. The lowest BCUT2D eigenvalue weighted by atomic mass is 10.2. The van der Waals surface area contributed by atoms with E-state index in [2.05, 4.69) is 43.3 Å². The molecule has 0 bridgehead atoms. The molecule has 1 atom stereocenters. The van der Waals surface area contributed by atoms with Crippen LogP contribution in [0.3, 0.4) is 0 Å². The van der Waals surface area contributed by atoms with Gasteiger partial charge in [0.2, 0.25) is 0 Å². The highest BCUT2D eigenvalue weighted by atomic mass is 79.9. The van der Waals surface area contributed by atoms with E-state index in [4.69, 9.17) is 0 Å². The highest BCUT2D eigenvalue weighted by Crippen LogP contribution is 2.35. The van der Waals surface area contributed by atoms with Gasteiger partial charge in [-0.3, -0.25) is 14.1 Å². The summed E-state index contributed by atoms with van der Waals surface area (Å²) in [6.45, 7) is 1.79. The van der Waals surface area contributed by atoms with Gasteiger partial charge in [0.25, 0.3) is 5.56 Å². The van der Waals surface area contributed by atoms with Crippen LogP contribution < -0.4 is 5.56 Å². The number of likely N-dealkylation sites (tertiary alicyclic amines) is 1. The molecule has 4 heterocycles. The number of thiophene rings is 1. The van der Waals surface area contributed by atoms with Crippen LogP contribution in [0.4, 0.5) is 0 Å². The van der Waals surface area contributed by atoms with E-state index in [-0.39, 0.29) is 5.56 Å². The Bertz CT molecular complexity index is 890. The average Bonchev–Trinajstić information content (AvgIpc) is 3.19. The molecule has 0 N–H and O–H groups in total. The van der Waals surface area contributed by atoms with Gasteiger partial charge in [-0.1, -0.05) is 6.07 Å². The van der Waals surface area contributed by atoms with Crippen molar-refractivity contribution < 1.29 is 0 Å². The van der Waals surface area contributed by atoms with E-state index in [0.29, 0.717) is 11.7 Å². The number of aromatic nitrogens is 2. The van der Waals surface area contributed by atoms with Crippen LogP contribution in [0.15, 0.2) is 51.2 Å². The average molecular weight is 390 g/mol. The molecule has 4 rings (SSSR count). The first-order valence-electron chi connectivity index (χ1n) is 7.66. The molecule has 1 fully saturated rings. The normalized spacial score (nSPS) is 18.7. The summed E-state index contributed by atoms with van der Waals surface area (Å²) in [5, 5.41) is 2.13. The SMILES string of the molecule is O=c1cc(CN2CCC[C@H]2c2cccs2)nc2ccc(Br)cn12. The molecular formula is C17H16BrN3OS. The number of nitrogens with zero attached hydrogens (tertiary/aromatic N) is 3. The molecule has 0 saturated carbocycles. The molecule has 1 aliphatic heterocycles. The summed E-state index contributed by atoms with van der Waals surface area (Å²) in [7, 11) is 0. The van der Waals surface area contributed by atoms with Crippen molar-refractivity contribution in [3.63, 3.8) is 0 Å². The number of fused-ring (bicyclic) bond motifs is 1. The molecule has 3 aromatic heterocycles. The zero-order valence-corrected chi connectivity index (χ0v) is 14.9. The first-order valence-corrected chi connectivity index (χ1v) is 9.33. The summed E-state index contributed by atoms with van der Waals surface area (Å²) in [5.74, 6) is 0. The van der Waals surface area contributed by atoms with Crippen LogP contribution in [0.2, 0.25) is 0 Å². The number of rotatable bonds is 3. The number of pyridine rings is 1. The topological polar surface area (TPSA) is 37.6 Å². The molecule has 1 aliphatic rings. The predicted molar refractivity (Wildman–Crippen MR) is 95.9 cm³/mol. The van der Waals surface area contributed by atoms with Crippen LogP contribution in [0.5, 0.6) is 0 Å². The Hall–Kier alpha value is -1.50. The molecule has 0 radical (unpaired) electrons. The van der Waals surface area contributed by atoms with Crippen molar-refractivity contribution in [2.24, 2.45) is 0 Å². The largest absolute Gasteiger partial charge is 0.290 e.